The van der Waals surface area contributed by atoms with Crippen LogP contribution >= 0.6 is 15.9 Å². The molecular formula is C12H19BrN2O2. The fraction of sp³-hybridized carbons (Fsp3) is 0.583. The highest BCUT2D eigenvalue weighted by Crippen LogP contribution is 2.16. The average molecular weight is 303 g/mol. The third-order valence-electron chi connectivity index (χ3n) is 2.56. The van der Waals surface area contributed by atoms with Crippen LogP contribution in [0.15, 0.2) is 21.4 Å². The standard InChI is InChI=1S/C12H19BrN2O2/c1-3-7-15(4-2)8-6-14-12(16)10-5-9-17-11(10)13/h5,9H,3-4,6-8H2,1-2H3,(H,14,16). The molecule has 1 amide bonds. The molecule has 1 rings (SSSR count). The van der Waals surface area contributed by atoms with Gasteiger partial charge in [-0.1, -0.05) is 13.8 Å². The van der Waals surface area contributed by atoms with Crippen LogP contribution in [0.3, 0.4) is 0 Å². The second-order valence-electron chi connectivity index (χ2n) is 3.80. The van der Waals surface area contributed by atoms with Gasteiger partial charge in [0.1, 0.15) is 0 Å². The molecule has 0 atom stereocenters. The van der Waals surface area contributed by atoms with Crippen LogP contribution in [0.25, 0.3) is 0 Å². The van der Waals surface area contributed by atoms with E-state index in [9.17, 15) is 4.79 Å². The first kappa shape index (κ1) is 14.3. The van der Waals surface area contributed by atoms with E-state index in [0.29, 0.717) is 16.8 Å². The van der Waals surface area contributed by atoms with Gasteiger partial charge in [-0.15, -0.1) is 0 Å². The minimum Gasteiger partial charge on any atom is -0.457 e. The van der Waals surface area contributed by atoms with E-state index in [2.05, 4.69) is 40.0 Å². The molecule has 4 nitrogen and oxygen atoms in total. The van der Waals surface area contributed by atoms with Crippen molar-refractivity contribution in [2.75, 3.05) is 26.2 Å². The molecule has 17 heavy (non-hydrogen) atoms. The Morgan fingerprint density at radius 1 is 1.47 bits per heavy atom. The second kappa shape index (κ2) is 7.50. The van der Waals surface area contributed by atoms with Crippen molar-refractivity contribution < 1.29 is 9.21 Å². The smallest absolute Gasteiger partial charge is 0.255 e. The Morgan fingerprint density at radius 2 is 2.24 bits per heavy atom. The highest BCUT2D eigenvalue weighted by molar-refractivity contribution is 9.10. The van der Waals surface area contributed by atoms with Crippen LogP contribution in [0.2, 0.25) is 0 Å². The van der Waals surface area contributed by atoms with Crippen molar-refractivity contribution in [2.24, 2.45) is 0 Å². The number of likely N-dealkylation sites (N-methyl/N-ethyl adjacent to an activating group) is 1. The van der Waals surface area contributed by atoms with Crippen LogP contribution in [0, 0.1) is 0 Å². The molecule has 1 N–H and O–H groups in total. The molecule has 0 fully saturated rings. The maximum Gasteiger partial charge on any atom is 0.255 e. The summed E-state index contributed by atoms with van der Waals surface area (Å²) in [7, 11) is 0. The molecule has 0 spiro atoms. The quantitative estimate of drug-likeness (QED) is 0.842. The van der Waals surface area contributed by atoms with Crippen LogP contribution < -0.4 is 5.32 Å². The van der Waals surface area contributed by atoms with E-state index in [1.807, 2.05) is 0 Å². The van der Waals surface area contributed by atoms with Crippen molar-refractivity contribution in [1.29, 1.82) is 0 Å². The lowest BCUT2D eigenvalue weighted by Gasteiger charge is -2.19. The number of carbonyl (C=O) groups excluding carboxylic acids is 1. The zero-order valence-corrected chi connectivity index (χ0v) is 11.9. The van der Waals surface area contributed by atoms with E-state index in [-0.39, 0.29) is 5.91 Å². The second-order valence-corrected chi connectivity index (χ2v) is 4.52. The highest BCUT2D eigenvalue weighted by Gasteiger charge is 2.12. The van der Waals surface area contributed by atoms with Crippen LogP contribution in [0.4, 0.5) is 0 Å². The summed E-state index contributed by atoms with van der Waals surface area (Å²) in [5.74, 6) is -0.0989. The first-order valence-electron chi connectivity index (χ1n) is 5.92. The number of hydrogen-bond donors (Lipinski definition) is 1. The molecule has 0 aliphatic carbocycles. The molecule has 0 saturated carbocycles. The summed E-state index contributed by atoms with van der Waals surface area (Å²) >= 11 is 3.19. The molecule has 0 radical (unpaired) electrons. The zero-order valence-electron chi connectivity index (χ0n) is 10.3. The van der Waals surface area contributed by atoms with Gasteiger partial charge in [0, 0.05) is 13.1 Å². The Labute approximate surface area is 110 Å². The number of carbonyl (C=O) groups is 1. The van der Waals surface area contributed by atoms with E-state index >= 15 is 0 Å². The van der Waals surface area contributed by atoms with Gasteiger partial charge >= 0.3 is 0 Å². The van der Waals surface area contributed by atoms with E-state index in [4.69, 9.17) is 4.42 Å². The minimum atomic E-state index is -0.0989. The molecule has 0 aromatic carbocycles. The molecule has 0 aliphatic heterocycles. The van der Waals surface area contributed by atoms with Crippen molar-refractivity contribution >= 4 is 21.8 Å². The molecule has 0 aliphatic rings. The van der Waals surface area contributed by atoms with Crippen molar-refractivity contribution in [1.82, 2.24) is 10.2 Å². The number of nitrogens with one attached hydrogen (secondary N) is 1. The van der Waals surface area contributed by atoms with Crippen LogP contribution in [-0.4, -0.2) is 37.0 Å². The van der Waals surface area contributed by atoms with Crippen molar-refractivity contribution in [2.45, 2.75) is 20.3 Å². The van der Waals surface area contributed by atoms with Crippen LogP contribution in [0.5, 0.6) is 0 Å². The molecule has 1 aromatic rings. The van der Waals surface area contributed by atoms with Gasteiger partial charge in [0.15, 0.2) is 4.67 Å². The van der Waals surface area contributed by atoms with Crippen LogP contribution in [0.1, 0.15) is 30.6 Å². The monoisotopic (exact) mass is 302 g/mol. The molecule has 0 unspecified atom stereocenters. The van der Waals surface area contributed by atoms with Gasteiger partial charge in [0.05, 0.1) is 11.8 Å². The SMILES string of the molecule is CCCN(CC)CCNC(=O)c1ccoc1Br. The van der Waals surface area contributed by atoms with Crippen molar-refractivity contribution in [3.63, 3.8) is 0 Å². The van der Waals surface area contributed by atoms with Crippen molar-refractivity contribution in [3.05, 3.63) is 22.6 Å². The molecule has 0 saturated heterocycles. The van der Waals surface area contributed by atoms with Gasteiger partial charge in [0.2, 0.25) is 0 Å². The largest absolute Gasteiger partial charge is 0.457 e. The molecule has 1 aromatic heterocycles. The fourth-order valence-corrected chi connectivity index (χ4v) is 2.04. The van der Waals surface area contributed by atoms with E-state index in [1.165, 1.54) is 6.26 Å². The summed E-state index contributed by atoms with van der Waals surface area (Å²) in [6.07, 6.45) is 2.63. The minimum absolute atomic E-state index is 0.0989. The summed E-state index contributed by atoms with van der Waals surface area (Å²) < 4.78 is 5.50. The molecule has 0 bridgehead atoms. The molecule has 96 valence electrons. The summed E-state index contributed by atoms with van der Waals surface area (Å²) in [6.45, 7) is 7.91. The Kier molecular flexibility index (Phi) is 6.29. The first-order chi connectivity index (χ1) is 8.19. The normalized spacial score (nSPS) is 10.8. The third-order valence-corrected chi connectivity index (χ3v) is 3.18. The summed E-state index contributed by atoms with van der Waals surface area (Å²) in [6, 6.07) is 1.66. The molecule has 1 heterocycles. The molecule has 5 heteroatoms. The lowest BCUT2D eigenvalue weighted by molar-refractivity contribution is 0.0947. The summed E-state index contributed by atoms with van der Waals surface area (Å²) in [4.78, 5) is 14.0. The Balaban J connectivity index is 2.31. The average Bonchev–Trinajstić information content (AvgIpc) is 2.74. The van der Waals surface area contributed by atoms with Gasteiger partial charge < -0.3 is 14.6 Å². The summed E-state index contributed by atoms with van der Waals surface area (Å²) in [5, 5.41) is 2.88. The third kappa shape index (κ3) is 4.52. The topological polar surface area (TPSA) is 45.5 Å². The number of hydrogen-bond acceptors (Lipinski definition) is 3. The Hall–Kier alpha value is -0.810. The molecular weight excluding hydrogens is 284 g/mol. The predicted molar refractivity (Wildman–Crippen MR) is 71.1 cm³/mol. The predicted octanol–water partition coefficient (Wildman–Crippen LogP) is 2.50. The van der Waals surface area contributed by atoms with E-state index < -0.39 is 0 Å². The first-order valence-corrected chi connectivity index (χ1v) is 6.71. The fourth-order valence-electron chi connectivity index (χ4n) is 1.62. The lowest BCUT2D eigenvalue weighted by Crippen LogP contribution is -2.35. The maximum absolute atomic E-state index is 11.7. The Bertz CT molecular complexity index is 352. The van der Waals surface area contributed by atoms with Crippen LogP contribution in [-0.2, 0) is 0 Å². The van der Waals surface area contributed by atoms with Gasteiger partial charge in [-0.3, -0.25) is 4.79 Å². The van der Waals surface area contributed by atoms with Crippen molar-refractivity contribution in [3.8, 4) is 0 Å². The van der Waals surface area contributed by atoms with Gasteiger partial charge in [-0.25, -0.2) is 0 Å². The number of halogens is 1. The Morgan fingerprint density at radius 3 is 2.76 bits per heavy atom. The lowest BCUT2D eigenvalue weighted by atomic mass is 10.3. The van der Waals surface area contributed by atoms with Gasteiger partial charge in [-0.05, 0) is 41.5 Å². The summed E-state index contributed by atoms with van der Waals surface area (Å²) in [5.41, 5.74) is 0.545. The van der Waals surface area contributed by atoms with E-state index in [0.717, 1.165) is 26.1 Å². The van der Waals surface area contributed by atoms with Gasteiger partial charge in [-0.2, -0.15) is 0 Å². The maximum atomic E-state index is 11.7. The number of rotatable bonds is 7. The number of nitrogens with zero attached hydrogens (tertiary/aromatic N) is 1. The highest BCUT2D eigenvalue weighted by atomic mass is 79.9. The zero-order chi connectivity index (χ0) is 12.7. The van der Waals surface area contributed by atoms with E-state index in [1.54, 1.807) is 6.07 Å². The number of amides is 1. The van der Waals surface area contributed by atoms with Gasteiger partial charge in [0.25, 0.3) is 5.91 Å². The number of furan rings is 1.